The van der Waals surface area contributed by atoms with Gasteiger partial charge in [-0.1, -0.05) is 30.3 Å². The molecule has 0 fully saturated rings. The fourth-order valence-corrected chi connectivity index (χ4v) is 1.62. The summed E-state index contributed by atoms with van der Waals surface area (Å²) < 4.78 is 1.76. The molecule has 0 amide bonds. The minimum absolute atomic E-state index is 0.133. The fourth-order valence-electron chi connectivity index (χ4n) is 1.62. The van der Waals surface area contributed by atoms with Crippen molar-refractivity contribution in [2.45, 2.75) is 13.0 Å². The van der Waals surface area contributed by atoms with Crippen molar-refractivity contribution in [1.29, 1.82) is 5.26 Å². The molecule has 0 atom stereocenters. The molecule has 0 N–H and O–H groups in total. The molecule has 0 saturated carbocycles. The Morgan fingerprint density at radius 3 is 2.82 bits per heavy atom. The number of carbonyl (C=O) groups excluding carboxylic acids is 1. The number of nitrogens with zero attached hydrogens (tertiary/aromatic N) is 3. The molecule has 0 radical (unpaired) electrons. The van der Waals surface area contributed by atoms with Crippen LogP contribution in [0.4, 0.5) is 0 Å². The largest absolute Gasteiger partial charge is 0.324 e. The van der Waals surface area contributed by atoms with Crippen LogP contribution in [0.15, 0.2) is 42.7 Å². The number of imidazole rings is 1. The first-order valence-electron chi connectivity index (χ1n) is 5.26. The summed E-state index contributed by atoms with van der Waals surface area (Å²) in [6.45, 7) is 0.591. The Hall–Kier alpha value is -2.41. The fraction of sp³-hybridized carbons (Fsp3) is 0.154. The van der Waals surface area contributed by atoms with Crippen molar-refractivity contribution >= 4 is 5.78 Å². The highest BCUT2D eigenvalue weighted by atomic mass is 16.1. The minimum Gasteiger partial charge on any atom is -0.324 e. The second kappa shape index (κ2) is 5.08. The molecule has 2 aromatic rings. The van der Waals surface area contributed by atoms with Crippen LogP contribution < -0.4 is 0 Å². The molecule has 4 nitrogen and oxygen atoms in total. The van der Waals surface area contributed by atoms with Gasteiger partial charge < -0.3 is 4.57 Å². The summed E-state index contributed by atoms with van der Waals surface area (Å²) in [7, 11) is 0. The summed E-state index contributed by atoms with van der Waals surface area (Å²) in [5.74, 6) is 0.101. The SMILES string of the molecule is N#CCC(=O)c1nccn1Cc1ccccc1. The lowest BCUT2D eigenvalue weighted by Crippen LogP contribution is -2.10. The van der Waals surface area contributed by atoms with Crippen LogP contribution >= 0.6 is 0 Å². The lowest BCUT2D eigenvalue weighted by Gasteiger charge is -2.05. The first kappa shape index (κ1) is 11.1. The van der Waals surface area contributed by atoms with Gasteiger partial charge in [-0.3, -0.25) is 4.79 Å². The number of hydrogen-bond acceptors (Lipinski definition) is 3. The van der Waals surface area contributed by atoms with Gasteiger partial charge in [0.1, 0.15) is 6.42 Å². The molecule has 2 rings (SSSR count). The summed E-state index contributed by atoms with van der Waals surface area (Å²) in [5.41, 5.74) is 1.09. The van der Waals surface area contributed by atoms with Gasteiger partial charge in [0, 0.05) is 18.9 Å². The van der Waals surface area contributed by atoms with Crippen LogP contribution in [0, 0.1) is 11.3 Å². The molecule has 0 bridgehead atoms. The van der Waals surface area contributed by atoms with E-state index < -0.39 is 0 Å². The second-order valence-electron chi connectivity index (χ2n) is 3.62. The van der Waals surface area contributed by atoms with Crippen LogP contribution in [0.2, 0.25) is 0 Å². The Labute approximate surface area is 99.1 Å². The molecule has 0 aliphatic carbocycles. The molecule has 0 unspecified atom stereocenters. The van der Waals surface area contributed by atoms with Gasteiger partial charge in [0.2, 0.25) is 5.78 Å². The van der Waals surface area contributed by atoms with Crippen molar-refractivity contribution in [3.8, 4) is 6.07 Å². The van der Waals surface area contributed by atoms with Crippen LogP contribution in [-0.2, 0) is 6.54 Å². The molecule has 4 heteroatoms. The molecule has 84 valence electrons. The zero-order valence-electron chi connectivity index (χ0n) is 9.21. The molecule has 0 saturated heterocycles. The molecular formula is C13H11N3O. The van der Waals surface area contributed by atoms with E-state index in [9.17, 15) is 4.79 Å². The van der Waals surface area contributed by atoms with Gasteiger partial charge in [-0.05, 0) is 5.56 Å². The van der Waals surface area contributed by atoms with E-state index in [0.717, 1.165) is 5.56 Å². The maximum Gasteiger partial charge on any atom is 0.212 e. The lowest BCUT2D eigenvalue weighted by molar-refractivity contribution is 0.0984. The minimum atomic E-state index is -0.242. The lowest BCUT2D eigenvalue weighted by atomic mass is 10.2. The number of hydrogen-bond donors (Lipinski definition) is 0. The number of aromatic nitrogens is 2. The van der Waals surface area contributed by atoms with E-state index in [1.54, 1.807) is 17.0 Å². The molecule has 0 aliphatic heterocycles. The van der Waals surface area contributed by atoms with Crippen molar-refractivity contribution in [3.05, 3.63) is 54.1 Å². The third-order valence-electron chi connectivity index (χ3n) is 2.40. The average molecular weight is 225 g/mol. The monoisotopic (exact) mass is 225 g/mol. The zero-order chi connectivity index (χ0) is 12.1. The number of rotatable bonds is 4. The number of benzene rings is 1. The Morgan fingerprint density at radius 1 is 1.35 bits per heavy atom. The number of Topliss-reactive ketones (excluding diaryl/α,β-unsaturated/α-hetero) is 1. The van der Waals surface area contributed by atoms with Crippen molar-refractivity contribution in [2.75, 3.05) is 0 Å². The van der Waals surface area contributed by atoms with E-state index in [0.29, 0.717) is 12.4 Å². The van der Waals surface area contributed by atoms with Crippen molar-refractivity contribution in [3.63, 3.8) is 0 Å². The predicted molar refractivity (Wildman–Crippen MR) is 62.3 cm³/mol. The smallest absolute Gasteiger partial charge is 0.212 e. The van der Waals surface area contributed by atoms with Crippen LogP contribution in [0.3, 0.4) is 0 Å². The average Bonchev–Trinajstić information content (AvgIpc) is 2.79. The standard InChI is InChI=1S/C13H11N3O/c14-7-6-12(17)13-15-8-9-16(13)10-11-4-2-1-3-5-11/h1-5,8-9H,6,10H2. The van der Waals surface area contributed by atoms with Crippen LogP contribution in [-0.4, -0.2) is 15.3 Å². The Bertz CT molecular complexity index is 552. The maximum atomic E-state index is 11.6. The van der Waals surface area contributed by atoms with Gasteiger partial charge in [0.15, 0.2) is 5.82 Å². The number of ketones is 1. The molecular weight excluding hydrogens is 214 g/mol. The van der Waals surface area contributed by atoms with Crippen molar-refractivity contribution in [2.24, 2.45) is 0 Å². The summed E-state index contributed by atoms with van der Waals surface area (Å²) in [5, 5.41) is 8.51. The highest BCUT2D eigenvalue weighted by molar-refractivity contribution is 5.94. The van der Waals surface area contributed by atoms with Gasteiger partial charge in [-0.15, -0.1) is 0 Å². The quantitative estimate of drug-likeness (QED) is 0.748. The summed E-state index contributed by atoms with van der Waals surface area (Å²) in [6.07, 6.45) is 3.19. The summed E-state index contributed by atoms with van der Waals surface area (Å²) >= 11 is 0. The zero-order valence-corrected chi connectivity index (χ0v) is 9.21. The van der Waals surface area contributed by atoms with Gasteiger partial charge in [-0.2, -0.15) is 5.26 Å². The van der Waals surface area contributed by atoms with Gasteiger partial charge >= 0.3 is 0 Å². The van der Waals surface area contributed by atoms with E-state index in [1.165, 1.54) is 0 Å². The van der Waals surface area contributed by atoms with E-state index in [-0.39, 0.29) is 12.2 Å². The summed E-state index contributed by atoms with van der Waals surface area (Å²) in [6, 6.07) is 11.7. The molecule has 17 heavy (non-hydrogen) atoms. The number of carbonyl (C=O) groups is 1. The number of nitriles is 1. The predicted octanol–water partition coefficient (Wildman–Crippen LogP) is 2.03. The molecule has 0 aliphatic rings. The first-order chi connectivity index (χ1) is 8.31. The normalized spacial score (nSPS) is 9.82. The van der Waals surface area contributed by atoms with Gasteiger partial charge in [0.05, 0.1) is 6.07 Å². The van der Waals surface area contributed by atoms with Crippen molar-refractivity contribution in [1.82, 2.24) is 9.55 Å². The maximum absolute atomic E-state index is 11.6. The topological polar surface area (TPSA) is 58.7 Å². The van der Waals surface area contributed by atoms with E-state index in [2.05, 4.69) is 4.98 Å². The van der Waals surface area contributed by atoms with E-state index in [4.69, 9.17) is 5.26 Å². The highest BCUT2D eigenvalue weighted by Crippen LogP contribution is 2.07. The first-order valence-corrected chi connectivity index (χ1v) is 5.26. The Balaban J connectivity index is 2.21. The molecule has 0 spiro atoms. The van der Waals surface area contributed by atoms with Crippen LogP contribution in [0.25, 0.3) is 0 Å². The third kappa shape index (κ3) is 2.58. The second-order valence-corrected chi connectivity index (χ2v) is 3.62. The van der Waals surface area contributed by atoms with E-state index in [1.807, 2.05) is 36.4 Å². The third-order valence-corrected chi connectivity index (χ3v) is 2.40. The molecule has 1 heterocycles. The van der Waals surface area contributed by atoms with Gasteiger partial charge in [-0.25, -0.2) is 4.98 Å². The Morgan fingerprint density at radius 2 is 2.12 bits per heavy atom. The van der Waals surface area contributed by atoms with Crippen molar-refractivity contribution < 1.29 is 4.79 Å². The van der Waals surface area contributed by atoms with Gasteiger partial charge in [0.25, 0.3) is 0 Å². The highest BCUT2D eigenvalue weighted by Gasteiger charge is 2.12. The molecule has 1 aromatic carbocycles. The summed E-state index contributed by atoms with van der Waals surface area (Å²) in [4.78, 5) is 15.6. The van der Waals surface area contributed by atoms with E-state index >= 15 is 0 Å². The molecule has 1 aromatic heterocycles. The van der Waals surface area contributed by atoms with Crippen LogP contribution in [0.5, 0.6) is 0 Å². The van der Waals surface area contributed by atoms with Crippen LogP contribution in [0.1, 0.15) is 22.6 Å². The Kier molecular flexibility index (Phi) is 3.31.